The van der Waals surface area contributed by atoms with E-state index in [0.29, 0.717) is 38.9 Å². The second-order valence-corrected chi connectivity index (χ2v) is 14.0. The highest BCUT2D eigenvalue weighted by atomic mass is 16.4. The van der Waals surface area contributed by atoms with Gasteiger partial charge in [-0.25, -0.2) is 4.79 Å². The fourth-order valence-electron chi connectivity index (χ4n) is 6.62. The van der Waals surface area contributed by atoms with Gasteiger partial charge in [-0.3, -0.25) is 19.3 Å². The van der Waals surface area contributed by atoms with E-state index in [1.165, 1.54) is 11.8 Å². The molecule has 1 heterocycles. The van der Waals surface area contributed by atoms with Crippen LogP contribution in [0.25, 0.3) is 0 Å². The third-order valence-electron chi connectivity index (χ3n) is 9.19. The number of hydrogen-bond donors (Lipinski definition) is 3. The molecule has 3 N–H and O–H groups in total. The number of carbonyl (C=O) groups excluding carboxylic acids is 4. The summed E-state index contributed by atoms with van der Waals surface area (Å²) in [5, 5.41) is 16.2. The van der Waals surface area contributed by atoms with Gasteiger partial charge in [0, 0.05) is 50.4 Å². The van der Waals surface area contributed by atoms with Crippen molar-refractivity contribution in [2.45, 2.75) is 96.3 Å². The van der Waals surface area contributed by atoms with Crippen molar-refractivity contribution in [2.24, 2.45) is 0 Å². The first-order valence-electron chi connectivity index (χ1n) is 17.4. The summed E-state index contributed by atoms with van der Waals surface area (Å²) >= 11 is 0. The van der Waals surface area contributed by atoms with E-state index in [1.54, 1.807) is 25.7 Å². The van der Waals surface area contributed by atoms with E-state index in [9.17, 15) is 29.1 Å². The fraction of sp³-hybridized carbons (Fsp3) is 0.425. The lowest BCUT2D eigenvalue weighted by Gasteiger charge is -2.39. The zero-order valence-corrected chi connectivity index (χ0v) is 29.6. The summed E-state index contributed by atoms with van der Waals surface area (Å²) in [7, 11) is 0. The van der Waals surface area contributed by atoms with E-state index in [-0.39, 0.29) is 48.7 Å². The van der Waals surface area contributed by atoms with Crippen LogP contribution < -0.4 is 10.6 Å². The molecule has 266 valence electrons. The van der Waals surface area contributed by atoms with E-state index in [0.717, 1.165) is 22.3 Å². The minimum absolute atomic E-state index is 0.0516. The lowest BCUT2D eigenvalue weighted by Crippen LogP contribution is -2.57. The number of Topliss-reactive ketones (excluding diaryl/α,β-unsaturated/α-hetero) is 1. The summed E-state index contributed by atoms with van der Waals surface area (Å²) < 4.78 is 0. The van der Waals surface area contributed by atoms with Gasteiger partial charge in [0.15, 0.2) is 0 Å². The van der Waals surface area contributed by atoms with Crippen LogP contribution in [0.3, 0.4) is 0 Å². The maximum Gasteiger partial charge on any atom is 0.408 e. The van der Waals surface area contributed by atoms with Crippen molar-refractivity contribution in [3.05, 3.63) is 107 Å². The van der Waals surface area contributed by atoms with Gasteiger partial charge in [0.1, 0.15) is 17.9 Å². The molecule has 0 saturated carbocycles. The monoisotopic (exact) mass is 682 g/mol. The number of rotatable bonds is 15. The molecule has 3 aromatic rings. The first kappa shape index (κ1) is 37.8. The molecule has 4 amide bonds. The Morgan fingerprint density at radius 2 is 1.40 bits per heavy atom. The number of ketones is 1. The van der Waals surface area contributed by atoms with E-state index in [2.05, 4.69) is 10.6 Å². The lowest BCUT2D eigenvalue weighted by molar-refractivity contribution is -0.142. The summed E-state index contributed by atoms with van der Waals surface area (Å²) in [4.78, 5) is 67.2. The van der Waals surface area contributed by atoms with Crippen molar-refractivity contribution in [1.82, 2.24) is 20.4 Å². The minimum atomic E-state index is -1.18. The van der Waals surface area contributed by atoms with Crippen LogP contribution in [-0.2, 0) is 32.1 Å². The van der Waals surface area contributed by atoms with Crippen molar-refractivity contribution in [3.8, 4) is 0 Å². The molecule has 10 heteroatoms. The SMILES string of the molecule is CC(=O)CCC(=O)N1Cc2ccccc2C[C@H]1C(=O)NCCCC[C@@H](C(=O)NCC(c1ccccc1)c1ccccc1)N(C(=O)O)C(C)(C)C. The number of nitrogens with one attached hydrogen (secondary N) is 2. The predicted molar refractivity (Wildman–Crippen MR) is 192 cm³/mol. The molecule has 4 rings (SSSR count). The Morgan fingerprint density at radius 3 is 1.96 bits per heavy atom. The summed E-state index contributed by atoms with van der Waals surface area (Å²) in [6, 6.07) is 25.8. The molecule has 10 nitrogen and oxygen atoms in total. The fourth-order valence-corrected chi connectivity index (χ4v) is 6.62. The highest BCUT2D eigenvalue weighted by Crippen LogP contribution is 2.27. The van der Waals surface area contributed by atoms with Gasteiger partial charge in [-0.15, -0.1) is 0 Å². The number of fused-ring (bicyclic) bond motifs is 1. The molecule has 3 aromatic carbocycles. The molecule has 1 aliphatic rings. The molecule has 0 aromatic heterocycles. The molecular weight excluding hydrogens is 632 g/mol. The summed E-state index contributed by atoms with van der Waals surface area (Å²) in [6.07, 6.45) is 0.623. The average Bonchev–Trinajstić information content (AvgIpc) is 3.09. The molecule has 50 heavy (non-hydrogen) atoms. The second kappa shape index (κ2) is 17.6. The van der Waals surface area contributed by atoms with Crippen LogP contribution in [-0.4, -0.2) is 75.2 Å². The molecular formula is C40H50N4O6. The van der Waals surface area contributed by atoms with E-state index < -0.39 is 23.7 Å². The Morgan fingerprint density at radius 1 is 0.820 bits per heavy atom. The van der Waals surface area contributed by atoms with Crippen LogP contribution in [0.5, 0.6) is 0 Å². The number of carbonyl (C=O) groups is 5. The number of amides is 4. The molecule has 0 spiro atoms. The Hall–Kier alpha value is -4.99. The standard InChI is InChI=1S/C40H50N4O6/c1-28(45)22-23-36(46)43-27-32-20-12-11-19-31(32)25-35(43)38(48)41-24-14-13-21-34(44(39(49)50)40(2,3)4)37(47)42-26-33(29-15-7-5-8-16-29)30-17-9-6-10-18-30/h5-12,15-20,33-35H,13-14,21-27H2,1-4H3,(H,41,48)(H,42,47)(H,49,50)/t34-,35-/m0/s1. The number of hydrogen-bond acceptors (Lipinski definition) is 5. The van der Waals surface area contributed by atoms with E-state index in [4.69, 9.17) is 0 Å². The third kappa shape index (κ3) is 10.3. The van der Waals surface area contributed by atoms with Gasteiger partial charge >= 0.3 is 6.09 Å². The number of benzene rings is 3. The topological polar surface area (TPSA) is 136 Å². The van der Waals surface area contributed by atoms with Gasteiger partial charge in [-0.2, -0.15) is 0 Å². The van der Waals surface area contributed by atoms with Crippen LogP contribution in [0.4, 0.5) is 4.79 Å². The Bertz CT molecular complexity index is 1580. The molecule has 0 bridgehead atoms. The van der Waals surface area contributed by atoms with Gasteiger partial charge < -0.3 is 25.4 Å². The molecule has 0 fully saturated rings. The molecule has 0 radical (unpaired) electrons. The highest BCUT2D eigenvalue weighted by molar-refractivity contribution is 5.90. The van der Waals surface area contributed by atoms with Crippen LogP contribution >= 0.6 is 0 Å². The van der Waals surface area contributed by atoms with Crippen molar-refractivity contribution < 1.29 is 29.1 Å². The van der Waals surface area contributed by atoms with E-state index in [1.807, 2.05) is 84.9 Å². The maximum atomic E-state index is 13.8. The lowest BCUT2D eigenvalue weighted by atomic mass is 9.91. The van der Waals surface area contributed by atoms with Crippen LogP contribution in [0.2, 0.25) is 0 Å². The Labute approximate surface area is 295 Å². The first-order valence-corrected chi connectivity index (χ1v) is 17.4. The molecule has 0 saturated heterocycles. The van der Waals surface area contributed by atoms with Crippen molar-refractivity contribution in [1.29, 1.82) is 0 Å². The Kier molecular flexibility index (Phi) is 13.3. The number of carboxylic acid groups (broad SMARTS) is 1. The van der Waals surface area contributed by atoms with Gasteiger partial charge in [-0.1, -0.05) is 84.9 Å². The van der Waals surface area contributed by atoms with Gasteiger partial charge in [0.25, 0.3) is 0 Å². The zero-order valence-electron chi connectivity index (χ0n) is 29.6. The largest absolute Gasteiger partial charge is 0.465 e. The number of unbranched alkanes of at least 4 members (excludes halogenated alkanes) is 1. The Balaban J connectivity index is 1.40. The van der Waals surface area contributed by atoms with Crippen LogP contribution in [0, 0.1) is 0 Å². The minimum Gasteiger partial charge on any atom is -0.465 e. The summed E-state index contributed by atoms with van der Waals surface area (Å²) in [5.41, 5.74) is 3.24. The summed E-state index contributed by atoms with van der Waals surface area (Å²) in [6.45, 7) is 7.64. The van der Waals surface area contributed by atoms with E-state index >= 15 is 0 Å². The quantitative estimate of drug-likeness (QED) is 0.176. The molecule has 1 aliphatic heterocycles. The normalized spacial score (nSPS) is 14.7. The molecule has 0 unspecified atom stereocenters. The van der Waals surface area contributed by atoms with Crippen LogP contribution in [0.1, 0.15) is 88.0 Å². The average molecular weight is 683 g/mol. The van der Waals surface area contributed by atoms with Crippen LogP contribution in [0.15, 0.2) is 84.9 Å². The number of nitrogens with zero attached hydrogens (tertiary/aromatic N) is 2. The zero-order chi connectivity index (χ0) is 36.3. The highest BCUT2D eigenvalue weighted by Gasteiger charge is 2.38. The third-order valence-corrected chi connectivity index (χ3v) is 9.19. The maximum absolute atomic E-state index is 13.8. The first-order chi connectivity index (χ1) is 23.9. The van der Waals surface area contributed by atoms with Gasteiger partial charge in [0.2, 0.25) is 17.7 Å². The van der Waals surface area contributed by atoms with Gasteiger partial charge in [0.05, 0.1) is 0 Å². The second-order valence-electron chi connectivity index (χ2n) is 14.0. The van der Waals surface area contributed by atoms with Crippen molar-refractivity contribution in [3.63, 3.8) is 0 Å². The molecule has 2 atom stereocenters. The predicted octanol–water partition coefficient (Wildman–Crippen LogP) is 5.69. The van der Waals surface area contributed by atoms with Crippen molar-refractivity contribution in [2.75, 3.05) is 13.1 Å². The molecule has 0 aliphatic carbocycles. The van der Waals surface area contributed by atoms with Crippen molar-refractivity contribution >= 4 is 29.6 Å². The van der Waals surface area contributed by atoms with Gasteiger partial charge in [-0.05, 0) is 69.2 Å². The summed E-state index contributed by atoms with van der Waals surface area (Å²) in [5.74, 6) is -1.08. The smallest absolute Gasteiger partial charge is 0.408 e.